The van der Waals surface area contributed by atoms with E-state index in [-0.39, 0.29) is 24.0 Å². The maximum atomic E-state index is 11.0. The van der Waals surface area contributed by atoms with Gasteiger partial charge in [-0.05, 0) is 36.2 Å². The lowest BCUT2D eigenvalue weighted by atomic mass is 9.89. The second-order valence-electron chi connectivity index (χ2n) is 6.13. The van der Waals surface area contributed by atoms with Crippen LogP contribution in [0.25, 0.3) is 0 Å². The molecule has 4 heteroatoms. The van der Waals surface area contributed by atoms with Crippen molar-refractivity contribution >= 4 is 0 Å². The molecule has 0 aliphatic heterocycles. The molecule has 130 valence electrons. The lowest BCUT2D eigenvalue weighted by molar-refractivity contribution is -0.672. The molecule has 0 aliphatic carbocycles. The second-order valence-corrected chi connectivity index (χ2v) is 6.13. The molecule has 1 atom stereocenters. The molecule has 0 amide bonds. The van der Waals surface area contributed by atoms with Gasteiger partial charge in [-0.2, -0.15) is 0 Å². The summed E-state index contributed by atoms with van der Waals surface area (Å²) in [5.74, 6) is 0.747. The minimum atomic E-state index is -1.08. The molecule has 0 spiro atoms. The first-order valence-corrected chi connectivity index (χ1v) is 8.01. The third kappa shape index (κ3) is 4.80. The minimum absolute atomic E-state index is 0. The van der Waals surface area contributed by atoms with E-state index in [0.717, 1.165) is 22.4 Å². The van der Waals surface area contributed by atoms with Crippen molar-refractivity contribution in [1.29, 1.82) is 0 Å². The Morgan fingerprint density at radius 3 is 2.40 bits per heavy atom. The summed E-state index contributed by atoms with van der Waals surface area (Å²) in [6, 6.07) is 21.5. The van der Waals surface area contributed by atoms with Crippen LogP contribution >= 0.6 is 0 Å². The van der Waals surface area contributed by atoms with Gasteiger partial charge in [-0.1, -0.05) is 42.5 Å². The van der Waals surface area contributed by atoms with Gasteiger partial charge in [0.05, 0.1) is 5.56 Å². The SMILES string of the molecule is C[n+]1cccc(C(C)(O)c2cccc(OCc3ccccc3)c2)c1.[I-]. The van der Waals surface area contributed by atoms with Crippen LogP contribution in [0.4, 0.5) is 0 Å². The van der Waals surface area contributed by atoms with Gasteiger partial charge in [0.15, 0.2) is 12.4 Å². The van der Waals surface area contributed by atoms with Crippen molar-refractivity contribution in [3.8, 4) is 5.75 Å². The number of pyridine rings is 1. The molecule has 1 unspecified atom stereocenters. The Hall–Kier alpha value is -1.92. The van der Waals surface area contributed by atoms with Crippen LogP contribution in [0.3, 0.4) is 0 Å². The fourth-order valence-electron chi connectivity index (χ4n) is 2.67. The molecule has 3 rings (SSSR count). The van der Waals surface area contributed by atoms with Crippen molar-refractivity contribution < 1.29 is 38.4 Å². The molecule has 0 saturated heterocycles. The Labute approximate surface area is 165 Å². The van der Waals surface area contributed by atoms with Crippen molar-refractivity contribution in [1.82, 2.24) is 0 Å². The number of halogens is 1. The van der Waals surface area contributed by atoms with Crippen molar-refractivity contribution in [2.75, 3.05) is 0 Å². The second kappa shape index (κ2) is 8.45. The minimum Gasteiger partial charge on any atom is -1.00 e. The van der Waals surface area contributed by atoms with Crippen LogP contribution in [0.5, 0.6) is 5.75 Å². The van der Waals surface area contributed by atoms with Crippen LogP contribution in [0, 0.1) is 0 Å². The van der Waals surface area contributed by atoms with E-state index in [1.165, 1.54) is 0 Å². The largest absolute Gasteiger partial charge is 1.00 e. The van der Waals surface area contributed by atoms with Gasteiger partial charge in [0.25, 0.3) is 0 Å². The van der Waals surface area contributed by atoms with Crippen LogP contribution in [0.1, 0.15) is 23.6 Å². The summed E-state index contributed by atoms with van der Waals surface area (Å²) in [5.41, 5.74) is 1.68. The maximum Gasteiger partial charge on any atom is 0.174 e. The highest BCUT2D eigenvalue weighted by atomic mass is 127. The number of aliphatic hydroxyl groups is 1. The van der Waals surface area contributed by atoms with Crippen LogP contribution in [0.2, 0.25) is 0 Å². The first-order valence-electron chi connectivity index (χ1n) is 8.01. The summed E-state index contributed by atoms with van der Waals surface area (Å²) >= 11 is 0. The molecule has 3 nitrogen and oxygen atoms in total. The van der Waals surface area contributed by atoms with Gasteiger partial charge < -0.3 is 33.8 Å². The number of benzene rings is 2. The summed E-state index contributed by atoms with van der Waals surface area (Å²) in [7, 11) is 1.94. The normalized spacial score (nSPS) is 12.8. The standard InChI is InChI=1S/C21H22NO2.HI/c1-21(23,19-11-7-13-22(2)15-19)18-10-6-12-20(14-18)24-16-17-8-4-3-5-9-17;/h3-15,23H,16H2,1-2H3;1H/q+1;/p-1. The van der Waals surface area contributed by atoms with Crippen LogP contribution in [-0.2, 0) is 19.3 Å². The zero-order valence-electron chi connectivity index (χ0n) is 14.4. The maximum absolute atomic E-state index is 11.0. The molecule has 1 N–H and O–H groups in total. The molecule has 3 aromatic rings. The highest BCUT2D eigenvalue weighted by Gasteiger charge is 2.28. The third-order valence-corrected chi connectivity index (χ3v) is 4.15. The van der Waals surface area contributed by atoms with Gasteiger partial charge in [0, 0.05) is 6.07 Å². The zero-order valence-corrected chi connectivity index (χ0v) is 16.6. The van der Waals surface area contributed by atoms with Gasteiger partial charge in [-0.15, -0.1) is 0 Å². The van der Waals surface area contributed by atoms with E-state index < -0.39 is 5.60 Å². The predicted molar refractivity (Wildman–Crippen MR) is 93.5 cm³/mol. The summed E-state index contributed by atoms with van der Waals surface area (Å²) in [5, 5.41) is 11.0. The summed E-state index contributed by atoms with van der Waals surface area (Å²) in [6.45, 7) is 2.31. The molecule has 2 aromatic carbocycles. The average molecular weight is 447 g/mol. The van der Waals surface area contributed by atoms with Crippen molar-refractivity contribution in [2.45, 2.75) is 19.1 Å². The van der Waals surface area contributed by atoms with E-state index in [1.807, 2.05) is 90.7 Å². The van der Waals surface area contributed by atoms with E-state index >= 15 is 0 Å². The molecule has 0 fully saturated rings. The van der Waals surface area contributed by atoms with E-state index in [4.69, 9.17) is 4.74 Å². The lowest BCUT2D eigenvalue weighted by Gasteiger charge is -2.23. The molecule has 1 aromatic heterocycles. The Morgan fingerprint density at radius 1 is 0.960 bits per heavy atom. The topological polar surface area (TPSA) is 33.3 Å². The zero-order chi connectivity index (χ0) is 17.0. The van der Waals surface area contributed by atoms with E-state index in [1.54, 1.807) is 6.92 Å². The molecule has 25 heavy (non-hydrogen) atoms. The summed E-state index contributed by atoms with van der Waals surface area (Å²) in [6.07, 6.45) is 3.87. The van der Waals surface area contributed by atoms with E-state index in [2.05, 4.69) is 0 Å². The molecular weight excluding hydrogens is 425 g/mol. The fourth-order valence-corrected chi connectivity index (χ4v) is 2.67. The smallest absolute Gasteiger partial charge is 0.174 e. The number of nitrogens with zero attached hydrogens (tertiary/aromatic N) is 1. The highest BCUT2D eigenvalue weighted by Crippen LogP contribution is 2.30. The first kappa shape index (κ1) is 19.4. The van der Waals surface area contributed by atoms with E-state index in [9.17, 15) is 5.11 Å². The Balaban J connectivity index is 0.00000225. The number of hydrogen-bond donors (Lipinski definition) is 1. The van der Waals surface area contributed by atoms with Crippen LogP contribution in [0.15, 0.2) is 79.1 Å². The third-order valence-electron chi connectivity index (χ3n) is 4.15. The molecular formula is C21H22INO2. The quantitative estimate of drug-likeness (QED) is 0.453. The molecule has 0 radical (unpaired) electrons. The van der Waals surface area contributed by atoms with Gasteiger partial charge in [-0.25, -0.2) is 4.57 Å². The molecule has 0 bridgehead atoms. The van der Waals surface area contributed by atoms with Crippen LogP contribution in [-0.4, -0.2) is 5.11 Å². The van der Waals surface area contributed by atoms with Gasteiger partial charge in [-0.3, -0.25) is 0 Å². The Bertz CT molecular complexity index is 819. The van der Waals surface area contributed by atoms with E-state index in [0.29, 0.717) is 6.61 Å². The molecule has 0 aliphatic rings. The monoisotopic (exact) mass is 447 g/mol. The summed E-state index contributed by atoms with van der Waals surface area (Å²) < 4.78 is 7.80. The van der Waals surface area contributed by atoms with Gasteiger partial charge in [0.2, 0.25) is 0 Å². The number of ether oxygens (including phenoxy) is 1. The number of aromatic nitrogens is 1. The predicted octanol–water partition coefficient (Wildman–Crippen LogP) is 0.350. The lowest BCUT2D eigenvalue weighted by Crippen LogP contribution is -3.00. The number of hydrogen-bond acceptors (Lipinski definition) is 2. The van der Waals surface area contributed by atoms with Gasteiger partial charge >= 0.3 is 0 Å². The summed E-state index contributed by atoms with van der Waals surface area (Å²) in [4.78, 5) is 0. The fraction of sp³-hybridized carbons (Fsp3) is 0.190. The number of rotatable bonds is 5. The first-order chi connectivity index (χ1) is 11.6. The highest BCUT2D eigenvalue weighted by molar-refractivity contribution is 5.38. The number of aryl methyl sites for hydroxylation is 1. The molecule has 1 heterocycles. The van der Waals surface area contributed by atoms with Crippen molar-refractivity contribution in [3.05, 3.63) is 95.8 Å². The van der Waals surface area contributed by atoms with Crippen molar-refractivity contribution in [2.24, 2.45) is 7.05 Å². The average Bonchev–Trinajstić information content (AvgIpc) is 2.61. The van der Waals surface area contributed by atoms with Crippen molar-refractivity contribution in [3.63, 3.8) is 0 Å². The Morgan fingerprint density at radius 2 is 1.68 bits per heavy atom. The van der Waals surface area contributed by atoms with Crippen LogP contribution < -0.4 is 33.3 Å². The van der Waals surface area contributed by atoms with Gasteiger partial charge in [0.1, 0.15) is 25.0 Å². The molecule has 0 saturated carbocycles. The Kier molecular flexibility index (Phi) is 6.56.